The first-order valence-corrected chi connectivity index (χ1v) is 11.3. The molecule has 0 aliphatic carbocycles. The van der Waals surface area contributed by atoms with E-state index in [0.717, 1.165) is 58.3 Å². The minimum Gasteiger partial charge on any atom is -0.493 e. The van der Waals surface area contributed by atoms with E-state index < -0.39 is 11.4 Å². The Kier molecular flexibility index (Phi) is 6.85. The summed E-state index contributed by atoms with van der Waals surface area (Å²) in [7, 11) is 0. The monoisotopic (exact) mass is 430 g/mol. The highest BCUT2D eigenvalue weighted by Gasteiger charge is 2.21. The van der Waals surface area contributed by atoms with Crippen LogP contribution in [-0.4, -0.2) is 53.6 Å². The Morgan fingerprint density at radius 2 is 1.94 bits per heavy atom. The standard InChI is InChI=1S/C23H31FN4O3/c1-15(29)28-10-6-17(7-11-28)14-31-18-12-19(24)22-20(13-18)26-21(27-23(22)30)3-2-16-4-8-25-9-5-16/h12-13,16-17,25H,2-11,14H2,1H3,(H,26,27,30). The largest absolute Gasteiger partial charge is 0.493 e. The van der Waals surface area contributed by atoms with Gasteiger partial charge in [0.2, 0.25) is 5.91 Å². The van der Waals surface area contributed by atoms with Crippen molar-refractivity contribution in [1.29, 1.82) is 0 Å². The summed E-state index contributed by atoms with van der Waals surface area (Å²) in [5, 5.41) is 3.33. The molecule has 168 valence electrons. The molecule has 3 heterocycles. The molecule has 2 aromatic rings. The van der Waals surface area contributed by atoms with Crippen LogP contribution in [-0.2, 0) is 11.2 Å². The van der Waals surface area contributed by atoms with Gasteiger partial charge in [0.05, 0.1) is 12.1 Å². The molecule has 0 saturated carbocycles. The fraction of sp³-hybridized carbons (Fsp3) is 0.609. The number of hydrogen-bond acceptors (Lipinski definition) is 5. The number of fused-ring (bicyclic) bond motifs is 1. The van der Waals surface area contributed by atoms with Crippen LogP contribution in [0.1, 0.15) is 44.9 Å². The molecule has 2 fully saturated rings. The average molecular weight is 431 g/mol. The van der Waals surface area contributed by atoms with Crippen molar-refractivity contribution >= 4 is 16.8 Å². The number of hydrogen-bond donors (Lipinski definition) is 2. The first-order chi connectivity index (χ1) is 15.0. The molecule has 0 radical (unpaired) electrons. The Balaban J connectivity index is 1.42. The first kappa shape index (κ1) is 21.7. The van der Waals surface area contributed by atoms with Crippen LogP contribution in [0.3, 0.4) is 0 Å². The number of ether oxygens (including phenoxy) is 1. The van der Waals surface area contributed by atoms with Gasteiger partial charge in [-0.25, -0.2) is 9.37 Å². The van der Waals surface area contributed by atoms with E-state index in [0.29, 0.717) is 42.0 Å². The number of piperidine rings is 2. The number of benzene rings is 1. The number of halogens is 1. The van der Waals surface area contributed by atoms with Gasteiger partial charge in [0.15, 0.2) is 0 Å². The quantitative estimate of drug-likeness (QED) is 0.736. The normalized spacial score (nSPS) is 18.5. The molecule has 0 atom stereocenters. The Bertz CT molecular complexity index is 979. The maximum atomic E-state index is 14.6. The van der Waals surface area contributed by atoms with E-state index in [2.05, 4.69) is 15.3 Å². The molecule has 1 amide bonds. The number of carbonyl (C=O) groups is 1. The second-order valence-corrected chi connectivity index (χ2v) is 8.80. The first-order valence-electron chi connectivity index (χ1n) is 11.3. The van der Waals surface area contributed by atoms with Crippen molar-refractivity contribution in [2.45, 2.75) is 45.4 Å². The van der Waals surface area contributed by atoms with Crippen molar-refractivity contribution in [2.75, 3.05) is 32.8 Å². The van der Waals surface area contributed by atoms with Gasteiger partial charge in [-0.1, -0.05) is 0 Å². The van der Waals surface area contributed by atoms with Crippen LogP contribution in [0.5, 0.6) is 5.75 Å². The average Bonchev–Trinajstić information content (AvgIpc) is 2.77. The number of aromatic amines is 1. The van der Waals surface area contributed by atoms with E-state index in [1.807, 2.05) is 4.90 Å². The van der Waals surface area contributed by atoms with E-state index in [4.69, 9.17) is 4.74 Å². The summed E-state index contributed by atoms with van der Waals surface area (Å²) < 4.78 is 20.5. The smallest absolute Gasteiger partial charge is 0.261 e. The van der Waals surface area contributed by atoms with Gasteiger partial charge in [-0.2, -0.15) is 0 Å². The molecular formula is C23H31FN4O3. The van der Waals surface area contributed by atoms with Gasteiger partial charge >= 0.3 is 0 Å². The summed E-state index contributed by atoms with van der Waals surface area (Å²) >= 11 is 0. The van der Waals surface area contributed by atoms with Crippen LogP contribution in [0.4, 0.5) is 4.39 Å². The Labute approximate surface area is 181 Å². The number of likely N-dealkylation sites (tertiary alicyclic amines) is 1. The van der Waals surface area contributed by atoms with Crippen LogP contribution < -0.4 is 15.6 Å². The summed E-state index contributed by atoms with van der Waals surface area (Å²) in [4.78, 5) is 33.0. The maximum Gasteiger partial charge on any atom is 0.261 e. The summed E-state index contributed by atoms with van der Waals surface area (Å²) in [6.45, 7) is 5.57. The molecule has 0 unspecified atom stereocenters. The van der Waals surface area contributed by atoms with E-state index in [1.54, 1.807) is 13.0 Å². The van der Waals surface area contributed by atoms with E-state index in [-0.39, 0.29) is 11.3 Å². The minimum atomic E-state index is -0.613. The molecule has 1 aromatic heterocycles. The third-order valence-electron chi connectivity index (χ3n) is 6.58. The number of aromatic nitrogens is 2. The van der Waals surface area contributed by atoms with Crippen molar-refractivity contribution in [3.63, 3.8) is 0 Å². The molecule has 2 N–H and O–H groups in total. The highest BCUT2D eigenvalue weighted by molar-refractivity contribution is 5.79. The van der Waals surface area contributed by atoms with E-state index >= 15 is 0 Å². The molecule has 8 heteroatoms. The van der Waals surface area contributed by atoms with Gasteiger partial charge in [0, 0.05) is 38.6 Å². The van der Waals surface area contributed by atoms with Crippen LogP contribution in [0.25, 0.3) is 10.9 Å². The highest BCUT2D eigenvalue weighted by Crippen LogP contribution is 2.24. The number of nitrogens with one attached hydrogen (secondary N) is 2. The zero-order valence-corrected chi connectivity index (χ0v) is 18.1. The fourth-order valence-electron chi connectivity index (χ4n) is 4.59. The molecule has 1 aromatic carbocycles. The zero-order valence-electron chi connectivity index (χ0n) is 18.1. The van der Waals surface area contributed by atoms with E-state index in [9.17, 15) is 14.0 Å². The van der Waals surface area contributed by atoms with Gasteiger partial charge in [0.1, 0.15) is 22.8 Å². The number of carbonyl (C=O) groups excluding carboxylic acids is 1. The second-order valence-electron chi connectivity index (χ2n) is 8.80. The van der Waals surface area contributed by atoms with Crippen LogP contribution >= 0.6 is 0 Å². The summed E-state index contributed by atoms with van der Waals surface area (Å²) in [6.07, 6.45) is 5.65. The van der Waals surface area contributed by atoms with Crippen molar-refractivity contribution in [1.82, 2.24) is 20.2 Å². The summed E-state index contributed by atoms with van der Waals surface area (Å²) in [6, 6.07) is 2.92. The molecule has 2 saturated heterocycles. The molecule has 2 aliphatic heterocycles. The third-order valence-corrected chi connectivity index (χ3v) is 6.58. The summed E-state index contributed by atoms with van der Waals surface area (Å²) in [5.74, 6) is 1.43. The molecular weight excluding hydrogens is 399 g/mol. The lowest BCUT2D eigenvalue weighted by Crippen LogP contribution is -2.38. The zero-order chi connectivity index (χ0) is 21.8. The molecule has 4 rings (SSSR count). The molecule has 31 heavy (non-hydrogen) atoms. The minimum absolute atomic E-state index is 0.0206. The Hall–Kier alpha value is -2.48. The number of nitrogens with zero attached hydrogens (tertiary/aromatic N) is 2. The van der Waals surface area contributed by atoms with Gasteiger partial charge in [-0.05, 0) is 57.0 Å². The predicted molar refractivity (Wildman–Crippen MR) is 117 cm³/mol. The van der Waals surface area contributed by atoms with Crippen LogP contribution in [0.15, 0.2) is 16.9 Å². The SMILES string of the molecule is CC(=O)N1CCC(COc2cc(F)c3c(=O)[nH]c(CCC4CCNCC4)nc3c2)CC1. The van der Waals surface area contributed by atoms with E-state index in [1.165, 1.54) is 6.07 Å². The molecule has 0 spiro atoms. The van der Waals surface area contributed by atoms with Crippen molar-refractivity contribution < 1.29 is 13.9 Å². The predicted octanol–water partition coefficient (Wildman–Crippen LogP) is 2.63. The number of rotatable bonds is 6. The van der Waals surface area contributed by atoms with Gasteiger partial charge in [-0.15, -0.1) is 0 Å². The molecule has 2 aliphatic rings. The fourth-order valence-corrected chi connectivity index (χ4v) is 4.59. The molecule has 7 nitrogen and oxygen atoms in total. The van der Waals surface area contributed by atoms with Gasteiger partial charge in [0.25, 0.3) is 5.56 Å². The molecule has 0 bridgehead atoms. The van der Waals surface area contributed by atoms with Gasteiger partial charge < -0.3 is 19.9 Å². The third kappa shape index (κ3) is 5.42. The highest BCUT2D eigenvalue weighted by atomic mass is 19.1. The maximum absolute atomic E-state index is 14.6. The van der Waals surface area contributed by atoms with Gasteiger partial charge in [-0.3, -0.25) is 9.59 Å². The number of aryl methyl sites for hydroxylation is 1. The van der Waals surface area contributed by atoms with Crippen LogP contribution in [0.2, 0.25) is 0 Å². The Morgan fingerprint density at radius 3 is 2.65 bits per heavy atom. The van der Waals surface area contributed by atoms with Crippen molar-refractivity contribution in [2.24, 2.45) is 11.8 Å². The topological polar surface area (TPSA) is 87.3 Å². The Morgan fingerprint density at radius 1 is 1.19 bits per heavy atom. The number of H-pyrrole nitrogens is 1. The summed E-state index contributed by atoms with van der Waals surface area (Å²) in [5.41, 5.74) is -0.101. The lowest BCUT2D eigenvalue weighted by molar-refractivity contribution is -0.130. The second kappa shape index (κ2) is 9.77. The lowest BCUT2D eigenvalue weighted by Gasteiger charge is -2.31. The van der Waals surface area contributed by atoms with Crippen LogP contribution in [0, 0.1) is 17.7 Å². The van der Waals surface area contributed by atoms with Crippen molar-refractivity contribution in [3.8, 4) is 5.75 Å². The lowest BCUT2D eigenvalue weighted by atomic mass is 9.93. The van der Waals surface area contributed by atoms with Crippen molar-refractivity contribution in [3.05, 3.63) is 34.1 Å². The number of amides is 1.